The topological polar surface area (TPSA) is 102 Å². The second-order valence-electron chi connectivity index (χ2n) is 4.18. The molecule has 0 fully saturated rings. The molecule has 7 heteroatoms. The first kappa shape index (κ1) is 11.9. The Labute approximate surface area is 114 Å². The van der Waals surface area contributed by atoms with Gasteiger partial charge in [0.1, 0.15) is 17.5 Å². The fourth-order valence-electron chi connectivity index (χ4n) is 1.91. The summed E-state index contributed by atoms with van der Waals surface area (Å²) in [6.45, 7) is 1.77. The minimum Gasteiger partial charge on any atom is -0.345 e. The van der Waals surface area contributed by atoms with Gasteiger partial charge in [-0.1, -0.05) is 0 Å². The summed E-state index contributed by atoms with van der Waals surface area (Å²) in [6, 6.07) is 7.44. The van der Waals surface area contributed by atoms with Gasteiger partial charge in [0.25, 0.3) is 0 Å². The normalized spacial score (nSPS) is 10.2. The van der Waals surface area contributed by atoms with Crippen molar-refractivity contribution in [2.45, 2.75) is 6.92 Å². The van der Waals surface area contributed by atoms with E-state index in [-0.39, 0.29) is 0 Å². The van der Waals surface area contributed by atoms with Gasteiger partial charge in [0.2, 0.25) is 0 Å². The number of imidazole rings is 1. The van der Waals surface area contributed by atoms with Crippen LogP contribution in [0.1, 0.15) is 5.82 Å². The zero-order chi connectivity index (χ0) is 13.9. The number of nitriles is 1. The minimum absolute atomic E-state index is 0.463. The van der Waals surface area contributed by atoms with Crippen LogP contribution in [0.2, 0.25) is 0 Å². The quantitative estimate of drug-likeness (QED) is 0.496. The Hall–Kier alpha value is -3.14. The lowest BCUT2D eigenvalue weighted by Crippen LogP contribution is -2.00. The maximum atomic E-state index is 8.63. The first-order chi connectivity index (χ1) is 9.74. The maximum absolute atomic E-state index is 8.63. The summed E-state index contributed by atoms with van der Waals surface area (Å²) in [4.78, 5) is 15.6. The summed E-state index contributed by atoms with van der Waals surface area (Å²) >= 11 is 0. The molecule has 0 amide bonds. The van der Waals surface area contributed by atoms with Crippen molar-refractivity contribution < 1.29 is 0 Å². The van der Waals surface area contributed by atoms with Crippen molar-refractivity contribution in [1.29, 1.82) is 5.26 Å². The van der Waals surface area contributed by atoms with Crippen molar-refractivity contribution >= 4 is 28.4 Å². The summed E-state index contributed by atoms with van der Waals surface area (Å²) in [7, 11) is 0. The standard InChI is InChI=1S/C13H11N7/c1-8-18-12(15-6-14)5-13(19-8)20-9-2-3-10-11(4-9)17-7-16-10/h2-5,7H,1H3,(H,16,17)(H2,15,18,19,20). The van der Waals surface area contributed by atoms with E-state index in [1.54, 1.807) is 19.3 Å². The van der Waals surface area contributed by atoms with Crippen LogP contribution in [0.3, 0.4) is 0 Å². The number of fused-ring (bicyclic) bond motifs is 1. The van der Waals surface area contributed by atoms with Gasteiger partial charge in [-0.2, -0.15) is 5.26 Å². The summed E-state index contributed by atoms with van der Waals surface area (Å²) < 4.78 is 0. The predicted octanol–water partition coefficient (Wildman–Crippen LogP) is 2.30. The van der Waals surface area contributed by atoms with E-state index < -0.39 is 0 Å². The summed E-state index contributed by atoms with van der Waals surface area (Å²) in [5, 5.41) is 14.3. The molecule has 3 aromatic rings. The Morgan fingerprint density at radius 3 is 2.90 bits per heavy atom. The van der Waals surface area contributed by atoms with Crippen molar-refractivity contribution in [1.82, 2.24) is 19.9 Å². The molecule has 3 N–H and O–H groups in total. The number of nitrogens with zero attached hydrogens (tertiary/aromatic N) is 4. The molecule has 1 aromatic carbocycles. The van der Waals surface area contributed by atoms with Gasteiger partial charge in [0.05, 0.1) is 17.4 Å². The number of hydrogen-bond acceptors (Lipinski definition) is 6. The molecular formula is C13H11N7. The molecule has 2 heterocycles. The first-order valence-corrected chi connectivity index (χ1v) is 5.95. The first-order valence-electron chi connectivity index (χ1n) is 5.95. The van der Waals surface area contributed by atoms with Crippen LogP contribution in [-0.2, 0) is 0 Å². The van der Waals surface area contributed by atoms with E-state index in [0.29, 0.717) is 17.5 Å². The number of aryl methyl sites for hydroxylation is 1. The van der Waals surface area contributed by atoms with E-state index in [4.69, 9.17) is 5.26 Å². The molecule has 0 unspecified atom stereocenters. The third kappa shape index (κ3) is 2.35. The van der Waals surface area contributed by atoms with E-state index in [1.807, 2.05) is 24.4 Å². The largest absolute Gasteiger partial charge is 0.345 e. The van der Waals surface area contributed by atoms with Crippen molar-refractivity contribution in [2.24, 2.45) is 0 Å². The lowest BCUT2D eigenvalue weighted by molar-refractivity contribution is 1.06. The fraction of sp³-hybridized carbons (Fsp3) is 0.0769. The molecule has 0 spiro atoms. The lowest BCUT2D eigenvalue weighted by Gasteiger charge is -2.07. The van der Waals surface area contributed by atoms with Crippen molar-refractivity contribution in [3.05, 3.63) is 36.4 Å². The van der Waals surface area contributed by atoms with E-state index in [0.717, 1.165) is 16.7 Å². The molecule has 0 saturated carbocycles. The number of nitrogens with one attached hydrogen (secondary N) is 3. The number of rotatable bonds is 3. The Bertz CT molecular complexity index is 800. The van der Waals surface area contributed by atoms with Crippen molar-refractivity contribution in [3.8, 4) is 6.19 Å². The molecule has 0 saturated heterocycles. The Balaban J connectivity index is 1.91. The highest BCUT2D eigenvalue weighted by Crippen LogP contribution is 2.20. The van der Waals surface area contributed by atoms with Crippen LogP contribution in [-0.4, -0.2) is 19.9 Å². The van der Waals surface area contributed by atoms with Crippen LogP contribution in [0.4, 0.5) is 17.3 Å². The van der Waals surface area contributed by atoms with Gasteiger partial charge in [-0.05, 0) is 25.1 Å². The van der Waals surface area contributed by atoms with Gasteiger partial charge in [0.15, 0.2) is 6.19 Å². The second kappa shape index (κ2) is 4.85. The minimum atomic E-state index is 0.463. The van der Waals surface area contributed by atoms with Gasteiger partial charge in [-0.3, -0.25) is 5.32 Å². The molecule has 0 aliphatic rings. The Morgan fingerprint density at radius 2 is 2.05 bits per heavy atom. The SMILES string of the molecule is Cc1nc(NC#N)cc(Nc2ccc3nc[nH]c3c2)n1. The fourth-order valence-corrected chi connectivity index (χ4v) is 1.91. The highest BCUT2D eigenvalue weighted by molar-refractivity contribution is 5.80. The number of aromatic nitrogens is 4. The molecule has 0 aliphatic heterocycles. The van der Waals surface area contributed by atoms with E-state index in [9.17, 15) is 0 Å². The zero-order valence-electron chi connectivity index (χ0n) is 10.7. The third-order valence-electron chi connectivity index (χ3n) is 2.71. The van der Waals surface area contributed by atoms with Crippen LogP contribution >= 0.6 is 0 Å². The predicted molar refractivity (Wildman–Crippen MR) is 75.4 cm³/mol. The maximum Gasteiger partial charge on any atom is 0.182 e. The van der Waals surface area contributed by atoms with E-state index in [2.05, 4.69) is 30.6 Å². The van der Waals surface area contributed by atoms with E-state index in [1.165, 1.54) is 0 Å². The van der Waals surface area contributed by atoms with Crippen LogP contribution in [0.15, 0.2) is 30.6 Å². The molecule has 3 rings (SSSR count). The zero-order valence-corrected chi connectivity index (χ0v) is 10.7. The van der Waals surface area contributed by atoms with Crippen LogP contribution in [0, 0.1) is 18.4 Å². The highest BCUT2D eigenvalue weighted by atomic mass is 15.1. The number of anilines is 3. The molecular weight excluding hydrogens is 254 g/mol. The van der Waals surface area contributed by atoms with Gasteiger partial charge in [-0.15, -0.1) is 0 Å². The molecule has 7 nitrogen and oxygen atoms in total. The Morgan fingerprint density at radius 1 is 1.20 bits per heavy atom. The number of H-pyrrole nitrogens is 1. The lowest BCUT2D eigenvalue weighted by atomic mass is 10.2. The Kier molecular flexibility index (Phi) is 2.89. The van der Waals surface area contributed by atoms with Crippen molar-refractivity contribution in [3.63, 3.8) is 0 Å². The van der Waals surface area contributed by atoms with E-state index >= 15 is 0 Å². The van der Waals surface area contributed by atoms with Crippen LogP contribution < -0.4 is 10.6 Å². The summed E-state index contributed by atoms with van der Waals surface area (Å²) in [5.74, 6) is 1.66. The molecule has 0 aliphatic carbocycles. The number of benzene rings is 1. The van der Waals surface area contributed by atoms with Crippen LogP contribution in [0.5, 0.6) is 0 Å². The molecule has 20 heavy (non-hydrogen) atoms. The molecule has 98 valence electrons. The third-order valence-corrected chi connectivity index (χ3v) is 2.71. The van der Waals surface area contributed by atoms with Gasteiger partial charge < -0.3 is 10.3 Å². The number of hydrogen-bond donors (Lipinski definition) is 3. The number of aromatic amines is 1. The van der Waals surface area contributed by atoms with Crippen LogP contribution in [0.25, 0.3) is 11.0 Å². The monoisotopic (exact) mass is 265 g/mol. The van der Waals surface area contributed by atoms with Gasteiger partial charge in [0, 0.05) is 11.8 Å². The second-order valence-corrected chi connectivity index (χ2v) is 4.18. The molecule has 0 radical (unpaired) electrons. The molecule has 0 bridgehead atoms. The summed E-state index contributed by atoms with van der Waals surface area (Å²) in [6.07, 6.45) is 3.49. The highest BCUT2D eigenvalue weighted by Gasteiger charge is 2.03. The molecule has 0 atom stereocenters. The van der Waals surface area contributed by atoms with Crippen molar-refractivity contribution in [2.75, 3.05) is 10.6 Å². The average molecular weight is 265 g/mol. The van der Waals surface area contributed by atoms with Gasteiger partial charge >= 0.3 is 0 Å². The molecule has 2 aromatic heterocycles. The van der Waals surface area contributed by atoms with Gasteiger partial charge in [-0.25, -0.2) is 15.0 Å². The average Bonchev–Trinajstić information content (AvgIpc) is 2.85. The smallest absolute Gasteiger partial charge is 0.182 e. The summed E-state index contributed by atoms with van der Waals surface area (Å²) in [5.41, 5.74) is 2.72.